The van der Waals surface area contributed by atoms with Crippen molar-refractivity contribution in [1.29, 1.82) is 0 Å². The second kappa shape index (κ2) is 9.28. The van der Waals surface area contributed by atoms with Crippen LogP contribution in [0.1, 0.15) is 18.1 Å². The van der Waals surface area contributed by atoms with Crippen LogP contribution in [0.4, 0.5) is 0 Å². The number of hydrogen-bond acceptors (Lipinski definition) is 4. The molecular weight excluding hydrogens is 286 g/mol. The minimum atomic E-state index is 0.694. The van der Waals surface area contributed by atoms with Crippen molar-refractivity contribution in [2.75, 3.05) is 33.8 Å². The number of aromatic nitrogens is 1. The molecule has 1 heterocycles. The average molecular weight is 313 g/mol. The van der Waals surface area contributed by atoms with E-state index in [1.165, 1.54) is 11.1 Å². The highest BCUT2D eigenvalue weighted by Gasteiger charge is 2.11. The van der Waals surface area contributed by atoms with E-state index in [9.17, 15) is 0 Å². The summed E-state index contributed by atoms with van der Waals surface area (Å²) in [5, 5.41) is 0. The van der Waals surface area contributed by atoms with E-state index in [1.54, 1.807) is 0 Å². The van der Waals surface area contributed by atoms with E-state index < -0.39 is 0 Å². The number of pyridine rings is 1. The summed E-state index contributed by atoms with van der Waals surface area (Å²) in [6.45, 7) is 6.55. The maximum Gasteiger partial charge on any atom is 0.123 e. The molecule has 0 aliphatic rings. The van der Waals surface area contributed by atoms with Gasteiger partial charge in [0.15, 0.2) is 0 Å². The molecule has 0 bridgehead atoms. The lowest BCUT2D eigenvalue weighted by molar-refractivity contribution is 0.222. The van der Waals surface area contributed by atoms with Crippen molar-refractivity contribution in [1.82, 2.24) is 14.8 Å². The number of rotatable bonds is 9. The number of hydrogen-bond donors (Lipinski definition) is 0. The monoisotopic (exact) mass is 313 g/mol. The summed E-state index contributed by atoms with van der Waals surface area (Å²) < 4.78 is 5.77. The molecule has 0 atom stereocenters. The van der Waals surface area contributed by atoms with Crippen molar-refractivity contribution in [3.8, 4) is 5.75 Å². The van der Waals surface area contributed by atoms with Crippen molar-refractivity contribution < 1.29 is 4.74 Å². The molecule has 1 aromatic heterocycles. The second-order valence-electron chi connectivity index (χ2n) is 5.91. The molecule has 0 unspecified atom stereocenters. The van der Waals surface area contributed by atoms with Crippen molar-refractivity contribution in [3.63, 3.8) is 0 Å². The molecule has 124 valence electrons. The second-order valence-corrected chi connectivity index (χ2v) is 5.91. The largest absolute Gasteiger partial charge is 0.494 e. The Morgan fingerprint density at radius 3 is 2.39 bits per heavy atom. The van der Waals surface area contributed by atoms with Crippen LogP contribution in [0.25, 0.3) is 0 Å². The molecule has 0 saturated carbocycles. The molecule has 1 aromatic carbocycles. The predicted molar refractivity (Wildman–Crippen MR) is 94.5 cm³/mol. The van der Waals surface area contributed by atoms with Gasteiger partial charge in [-0.25, -0.2) is 0 Å². The maximum absolute atomic E-state index is 5.77. The molecule has 2 rings (SSSR count). The minimum absolute atomic E-state index is 0.694. The van der Waals surface area contributed by atoms with Crippen molar-refractivity contribution in [2.24, 2.45) is 0 Å². The van der Waals surface area contributed by atoms with Gasteiger partial charge >= 0.3 is 0 Å². The van der Waals surface area contributed by atoms with Gasteiger partial charge < -0.3 is 9.64 Å². The Morgan fingerprint density at radius 2 is 1.70 bits per heavy atom. The molecular formula is C19H27N3O. The van der Waals surface area contributed by atoms with E-state index in [0.717, 1.165) is 31.9 Å². The van der Waals surface area contributed by atoms with Gasteiger partial charge in [0, 0.05) is 44.1 Å². The summed E-state index contributed by atoms with van der Waals surface area (Å²) in [5.74, 6) is 0.986. The zero-order valence-corrected chi connectivity index (χ0v) is 14.4. The van der Waals surface area contributed by atoms with Crippen LogP contribution in [0.3, 0.4) is 0 Å². The first-order chi connectivity index (χ1) is 11.2. The SMILES string of the molecule is CCOc1ccccc1CN(CCN(C)C)Cc1ccncc1. The van der Waals surface area contributed by atoms with E-state index in [2.05, 4.69) is 59.2 Å². The van der Waals surface area contributed by atoms with Crippen LogP contribution in [0.15, 0.2) is 48.8 Å². The summed E-state index contributed by atoms with van der Waals surface area (Å²) in [6.07, 6.45) is 3.71. The van der Waals surface area contributed by atoms with Crippen LogP contribution in [0.2, 0.25) is 0 Å². The Bertz CT molecular complexity index is 572. The molecule has 4 heteroatoms. The summed E-state index contributed by atoms with van der Waals surface area (Å²) in [4.78, 5) is 8.77. The molecule has 0 saturated heterocycles. The van der Waals surface area contributed by atoms with Crippen LogP contribution >= 0.6 is 0 Å². The van der Waals surface area contributed by atoms with Gasteiger partial charge in [-0.05, 0) is 44.8 Å². The third-order valence-corrected chi connectivity index (χ3v) is 3.69. The molecule has 0 N–H and O–H groups in total. The standard InChI is InChI=1S/C19H27N3O/c1-4-23-19-8-6-5-7-18(19)16-22(14-13-21(2)3)15-17-9-11-20-12-10-17/h5-12H,4,13-16H2,1-3H3. The number of benzene rings is 1. The number of likely N-dealkylation sites (N-methyl/N-ethyl adjacent to an activating group) is 1. The van der Waals surface area contributed by atoms with Gasteiger partial charge in [-0.15, -0.1) is 0 Å². The normalized spacial score (nSPS) is 11.2. The van der Waals surface area contributed by atoms with Crippen LogP contribution < -0.4 is 4.74 Å². The Kier molecular flexibility index (Phi) is 7.04. The molecule has 0 fully saturated rings. The predicted octanol–water partition coefficient (Wildman–Crippen LogP) is 3.04. The molecule has 4 nitrogen and oxygen atoms in total. The first kappa shape index (κ1) is 17.4. The van der Waals surface area contributed by atoms with E-state index in [4.69, 9.17) is 4.74 Å². The molecule has 0 spiro atoms. The van der Waals surface area contributed by atoms with Gasteiger partial charge in [0.05, 0.1) is 6.61 Å². The zero-order chi connectivity index (χ0) is 16.5. The van der Waals surface area contributed by atoms with Crippen molar-refractivity contribution in [2.45, 2.75) is 20.0 Å². The zero-order valence-electron chi connectivity index (χ0n) is 14.4. The fourth-order valence-electron chi connectivity index (χ4n) is 2.47. The van der Waals surface area contributed by atoms with Gasteiger partial charge in [0.25, 0.3) is 0 Å². The van der Waals surface area contributed by atoms with Crippen LogP contribution in [0, 0.1) is 0 Å². The van der Waals surface area contributed by atoms with E-state index in [0.29, 0.717) is 6.61 Å². The van der Waals surface area contributed by atoms with Crippen LogP contribution in [0.5, 0.6) is 5.75 Å². The topological polar surface area (TPSA) is 28.6 Å². The van der Waals surface area contributed by atoms with Crippen molar-refractivity contribution >= 4 is 0 Å². The lowest BCUT2D eigenvalue weighted by Crippen LogP contribution is -2.31. The van der Waals surface area contributed by atoms with Crippen molar-refractivity contribution in [3.05, 3.63) is 59.9 Å². The average Bonchev–Trinajstić information content (AvgIpc) is 2.55. The third kappa shape index (κ3) is 6.00. The molecule has 0 radical (unpaired) electrons. The molecule has 0 aliphatic heterocycles. The van der Waals surface area contributed by atoms with Gasteiger partial charge in [-0.3, -0.25) is 9.88 Å². The first-order valence-corrected chi connectivity index (χ1v) is 8.15. The summed E-state index contributed by atoms with van der Waals surface area (Å²) in [6, 6.07) is 12.5. The summed E-state index contributed by atoms with van der Waals surface area (Å²) in [7, 11) is 4.22. The fraction of sp³-hybridized carbons (Fsp3) is 0.421. The van der Waals surface area contributed by atoms with E-state index in [-0.39, 0.29) is 0 Å². The van der Waals surface area contributed by atoms with Gasteiger partial charge in [-0.2, -0.15) is 0 Å². The van der Waals surface area contributed by atoms with Gasteiger partial charge in [0.2, 0.25) is 0 Å². The highest BCUT2D eigenvalue weighted by Crippen LogP contribution is 2.20. The molecule has 0 aliphatic carbocycles. The quantitative estimate of drug-likeness (QED) is 0.711. The lowest BCUT2D eigenvalue weighted by atomic mass is 10.1. The number of ether oxygens (including phenoxy) is 1. The Labute approximate surface area is 139 Å². The third-order valence-electron chi connectivity index (χ3n) is 3.69. The summed E-state index contributed by atoms with van der Waals surface area (Å²) in [5.41, 5.74) is 2.52. The highest BCUT2D eigenvalue weighted by atomic mass is 16.5. The first-order valence-electron chi connectivity index (χ1n) is 8.15. The maximum atomic E-state index is 5.77. The fourth-order valence-corrected chi connectivity index (χ4v) is 2.47. The van der Waals surface area contributed by atoms with Gasteiger partial charge in [0.1, 0.15) is 5.75 Å². The van der Waals surface area contributed by atoms with Crippen LogP contribution in [-0.2, 0) is 13.1 Å². The molecule has 23 heavy (non-hydrogen) atoms. The Hall–Kier alpha value is -1.91. The Morgan fingerprint density at radius 1 is 0.957 bits per heavy atom. The lowest BCUT2D eigenvalue weighted by Gasteiger charge is -2.25. The number of para-hydroxylation sites is 1. The smallest absolute Gasteiger partial charge is 0.123 e. The number of nitrogens with zero attached hydrogens (tertiary/aromatic N) is 3. The molecule has 2 aromatic rings. The van der Waals surface area contributed by atoms with Crippen LogP contribution in [-0.4, -0.2) is 48.6 Å². The van der Waals surface area contributed by atoms with E-state index in [1.807, 2.05) is 25.4 Å². The highest BCUT2D eigenvalue weighted by molar-refractivity contribution is 5.33. The summed E-state index contributed by atoms with van der Waals surface area (Å²) >= 11 is 0. The minimum Gasteiger partial charge on any atom is -0.494 e. The van der Waals surface area contributed by atoms with Gasteiger partial charge in [-0.1, -0.05) is 18.2 Å². The van der Waals surface area contributed by atoms with E-state index >= 15 is 0 Å². The Balaban J connectivity index is 2.10. The molecule has 0 amide bonds.